The molecular weight excluding hydrogens is 306 g/mol. The van der Waals surface area contributed by atoms with Crippen molar-refractivity contribution in [1.29, 1.82) is 0 Å². The highest BCUT2D eigenvalue weighted by Crippen LogP contribution is 2.22. The number of ether oxygens (including phenoxy) is 1. The van der Waals surface area contributed by atoms with Gasteiger partial charge in [0.25, 0.3) is 0 Å². The molecule has 21 heavy (non-hydrogen) atoms. The van der Waals surface area contributed by atoms with Crippen molar-refractivity contribution < 1.29 is 9.53 Å². The van der Waals surface area contributed by atoms with Gasteiger partial charge in [-0.05, 0) is 42.5 Å². The van der Waals surface area contributed by atoms with E-state index in [4.69, 9.17) is 16.3 Å². The highest BCUT2D eigenvalue weighted by atomic mass is 35.5. The van der Waals surface area contributed by atoms with Crippen LogP contribution in [0.25, 0.3) is 0 Å². The van der Waals surface area contributed by atoms with Crippen LogP contribution in [0.15, 0.2) is 53.4 Å². The van der Waals surface area contributed by atoms with Gasteiger partial charge in [0.05, 0.1) is 7.11 Å². The molecule has 3 nitrogen and oxygen atoms in total. The van der Waals surface area contributed by atoms with E-state index in [1.165, 1.54) is 0 Å². The highest BCUT2D eigenvalue weighted by molar-refractivity contribution is 7.99. The maximum absolute atomic E-state index is 11.8. The fourth-order valence-corrected chi connectivity index (χ4v) is 2.77. The van der Waals surface area contributed by atoms with Crippen molar-refractivity contribution >= 4 is 35.0 Å². The lowest BCUT2D eigenvalue weighted by Gasteiger charge is -2.06. The van der Waals surface area contributed by atoms with Gasteiger partial charge in [-0.15, -0.1) is 11.8 Å². The van der Waals surface area contributed by atoms with E-state index in [1.807, 2.05) is 36.4 Å². The summed E-state index contributed by atoms with van der Waals surface area (Å²) < 4.78 is 5.10. The third kappa shape index (κ3) is 5.33. The van der Waals surface area contributed by atoms with Gasteiger partial charge in [0.2, 0.25) is 5.91 Å². The van der Waals surface area contributed by atoms with E-state index in [2.05, 4.69) is 5.32 Å². The Morgan fingerprint density at radius 2 is 2.00 bits per heavy atom. The van der Waals surface area contributed by atoms with Gasteiger partial charge in [0.1, 0.15) is 5.75 Å². The molecule has 0 radical (unpaired) electrons. The number of carbonyl (C=O) groups excluding carboxylic acids is 1. The Labute approximate surface area is 133 Å². The summed E-state index contributed by atoms with van der Waals surface area (Å²) in [5.74, 6) is 1.54. The van der Waals surface area contributed by atoms with Crippen LogP contribution in [-0.4, -0.2) is 18.8 Å². The maximum Gasteiger partial charge on any atom is 0.225 e. The Bertz CT molecular complexity index is 601. The lowest BCUT2D eigenvalue weighted by molar-refractivity contribution is -0.115. The maximum atomic E-state index is 11.8. The Balaban J connectivity index is 1.76. The van der Waals surface area contributed by atoms with Crippen molar-refractivity contribution in [2.24, 2.45) is 0 Å². The van der Waals surface area contributed by atoms with Crippen molar-refractivity contribution in [1.82, 2.24) is 0 Å². The standard InChI is InChI=1S/C16H16ClNO2S/c1-20-14-5-7-15(8-6-14)21-10-9-16(19)18-13-4-2-3-12(17)11-13/h2-8,11H,9-10H2,1H3,(H,18,19). The number of hydrogen-bond donors (Lipinski definition) is 1. The van der Waals surface area contributed by atoms with Crippen LogP contribution in [0.4, 0.5) is 5.69 Å². The molecule has 0 aliphatic heterocycles. The number of anilines is 1. The van der Waals surface area contributed by atoms with Crippen LogP contribution in [0.2, 0.25) is 5.02 Å². The Kier molecular flexibility index (Phi) is 5.96. The van der Waals surface area contributed by atoms with E-state index in [9.17, 15) is 4.79 Å². The topological polar surface area (TPSA) is 38.3 Å². The lowest BCUT2D eigenvalue weighted by Crippen LogP contribution is -2.11. The third-order valence-electron chi connectivity index (χ3n) is 2.77. The Morgan fingerprint density at radius 3 is 2.67 bits per heavy atom. The van der Waals surface area contributed by atoms with E-state index in [0.717, 1.165) is 22.1 Å². The molecule has 5 heteroatoms. The zero-order valence-corrected chi connectivity index (χ0v) is 13.2. The second-order valence-corrected chi connectivity index (χ2v) is 5.94. The van der Waals surface area contributed by atoms with Crippen LogP contribution in [-0.2, 0) is 4.79 Å². The van der Waals surface area contributed by atoms with E-state index in [0.29, 0.717) is 11.4 Å². The fraction of sp³-hybridized carbons (Fsp3) is 0.188. The van der Waals surface area contributed by atoms with Gasteiger partial charge >= 0.3 is 0 Å². The highest BCUT2D eigenvalue weighted by Gasteiger charge is 2.03. The number of amides is 1. The summed E-state index contributed by atoms with van der Waals surface area (Å²) in [4.78, 5) is 12.9. The molecule has 0 aliphatic carbocycles. The van der Waals surface area contributed by atoms with Crippen molar-refractivity contribution in [3.8, 4) is 5.75 Å². The fourth-order valence-electron chi connectivity index (χ4n) is 1.72. The molecule has 2 aromatic carbocycles. The first-order chi connectivity index (χ1) is 10.2. The molecule has 0 aromatic heterocycles. The van der Waals surface area contributed by atoms with Crippen molar-refractivity contribution in [3.05, 3.63) is 53.6 Å². The first kappa shape index (κ1) is 15.7. The smallest absolute Gasteiger partial charge is 0.225 e. The first-order valence-electron chi connectivity index (χ1n) is 6.49. The van der Waals surface area contributed by atoms with Crippen LogP contribution >= 0.6 is 23.4 Å². The predicted octanol–water partition coefficient (Wildman–Crippen LogP) is 4.47. The molecule has 0 bridgehead atoms. The second-order valence-electron chi connectivity index (χ2n) is 4.33. The van der Waals surface area contributed by atoms with Gasteiger partial charge in [0.15, 0.2) is 0 Å². The number of nitrogens with one attached hydrogen (secondary N) is 1. The number of hydrogen-bond acceptors (Lipinski definition) is 3. The summed E-state index contributed by atoms with van der Waals surface area (Å²) in [6.45, 7) is 0. The summed E-state index contributed by atoms with van der Waals surface area (Å²) >= 11 is 7.51. The molecule has 0 atom stereocenters. The van der Waals surface area contributed by atoms with Crippen LogP contribution in [0, 0.1) is 0 Å². The Morgan fingerprint density at radius 1 is 1.24 bits per heavy atom. The van der Waals surface area contributed by atoms with Gasteiger partial charge in [-0.3, -0.25) is 4.79 Å². The summed E-state index contributed by atoms with van der Waals surface area (Å²) in [7, 11) is 1.64. The molecule has 0 heterocycles. The molecular formula is C16H16ClNO2S. The SMILES string of the molecule is COc1ccc(SCCC(=O)Nc2cccc(Cl)c2)cc1. The molecule has 1 amide bonds. The van der Waals surface area contributed by atoms with Gasteiger partial charge in [-0.2, -0.15) is 0 Å². The van der Waals surface area contributed by atoms with Crippen LogP contribution in [0.3, 0.4) is 0 Å². The quantitative estimate of drug-likeness (QED) is 0.798. The van der Waals surface area contributed by atoms with E-state index >= 15 is 0 Å². The van der Waals surface area contributed by atoms with E-state index in [-0.39, 0.29) is 5.91 Å². The average molecular weight is 322 g/mol. The summed E-state index contributed by atoms with van der Waals surface area (Å²) in [6, 6.07) is 14.9. The zero-order valence-electron chi connectivity index (χ0n) is 11.6. The number of thioether (sulfide) groups is 1. The molecule has 0 spiro atoms. The predicted molar refractivity (Wildman–Crippen MR) is 88.4 cm³/mol. The minimum Gasteiger partial charge on any atom is -0.497 e. The van der Waals surface area contributed by atoms with Gasteiger partial charge < -0.3 is 10.1 Å². The average Bonchev–Trinajstić information content (AvgIpc) is 2.48. The number of carbonyl (C=O) groups is 1. The molecule has 2 aromatic rings. The molecule has 0 saturated heterocycles. The molecule has 0 saturated carbocycles. The van der Waals surface area contributed by atoms with Crippen molar-refractivity contribution in [2.75, 3.05) is 18.2 Å². The number of benzene rings is 2. The minimum atomic E-state index is -0.0155. The summed E-state index contributed by atoms with van der Waals surface area (Å²) in [6.07, 6.45) is 0.448. The number of rotatable bonds is 6. The monoisotopic (exact) mass is 321 g/mol. The van der Waals surface area contributed by atoms with Crippen LogP contribution in [0.1, 0.15) is 6.42 Å². The number of methoxy groups -OCH3 is 1. The minimum absolute atomic E-state index is 0.0155. The molecule has 0 fully saturated rings. The van der Waals surface area contributed by atoms with E-state index in [1.54, 1.807) is 31.0 Å². The molecule has 110 valence electrons. The summed E-state index contributed by atoms with van der Waals surface area (Å²) in [5.41, 5.74) is 0.724. The molecule has 0 aliphatic rings. The normalized spacial score (nSPS) is 10.2. The zero-order chi connectivity index (χ0) is 15.1. The first-order valence-corrected chi connectivity index (χ1v) is 7.86. The van der Waals surface area contributed by atoms with E-state index < -0.39 is 0 Å². The molecule has 0 unspecified atom stereocenters. The number of halogens is 1. The van der Waals surface area contributed by atoms with Crippen molar-refractivity contribution in [2.45, 2.75) is 11.3 Å². The third-order valence-corrected chi connectivity index (χ3v) is 4.01. The van der Waals surface area contributed by atoms with Crippen molar-refractivity contribution in [3.63, 3.8) is 0 Å². The largest absolute Gasteiger partial charge is 0.497 e. The van der Waals surface area contributed by atoms with Gasteiger partial charge in [-0.1, -0.05) is 17.7 Å². The molecule has 2 rings (SSSR count). The lowest BCUT2D eigenvalue weighted by atomic mass is 10.3. The Hall–Kier alpha value is -1.65. The second kappa shape index (κ2) is 7.96. The molecule has 1 N–H and O–H groups in total. The van der Waals surface area contributed by atoms with Crippen LogP contribution in [0.5, 0.6) is 5.75 Å². The summed E-state index contributed by atoms with van der Waals surface area (Å²) in [5, 5.41) is 3.44. The van der Waals surface area contributed by atoms with Crippen LogP contribution < -0.4 is 10.1 Å². The van der Waals surface area contributed by atoms with Gasteiger partial charge in [-0.25, -0.2) is 0 Å². The van der Waals surface area contributed by atoms with Gasteiger partial charge in [0, 0.05) is 27.8 Å².